The summed E-state index contributed by atoms with van der Waals surface area (Å²) in [7, 11) is 1.64. The van der Waals surface area contributed by atoms with Crippen molar-refractivity contribution in [3.8, 4) is 5.75 Å². The zero-order chi connectivity index (χ0) is 21.8. The van der Waals surface area contributed by atoms with Gasteiger partial charge in [-0.15, -0.1) is 0 Å². The van der Waals surface area contributed by atoms with Crippen LogP contribution in [-0.4, -0.2) is 27.6 Å². The first-order chi connectivity index (χ1) is 15.0. The van der Waals surface area contributed by atoms with Gasteiger partial charge in [-0.1, -0.05) is 35.3 Å². The Kier molecular flexibility index (Phi) is 6.39. The molecule has 31 heavy (non-hydrogen) atoms. The number of hydrogen-bond acceptors (Lipinski definition) is 4. The number of methoxy groups -OCH3 is 1. The molecule has 0 spiro atoms. The minimum atomic E-state index is -0.144. The van der Waals surface area contributed by atoms with Crippen molar-refractivity contribution in [2.75, 3.05) is 12.4 Å². The van der Waals surface area contributed by atoms with E-state index in [1.807, 2.05) is 41.0 Å². The molecule has 0 saturated heterocycles. The van der Waals surface area contributed by atoms with Gasteiger partial charge in [0.1, 0.15) is 17.1 Å². The molecule has 6 nitrogen and oxygen atoms in total. The molecule has 0 aliphatic carbocycles. The van der Waals surface area contributed by atoms with Gasteiger partial charge in [0.25, 0.3) is 0 Å². The minimum Gasteiger partial charge on any atom is -0.497 e. The number of anilines is 1. The third-order valence-corrected chi connectivity index (χ3v) is 5.24. The maximum Gasteiger partial charge on any atom is 0.224 e. The lowest BCUT2D eigenvalue weighted by Gasteiger charge is -2.10. The number of nitrogens with one attached hydrogen (secondary N) is 1. The van der Waals surface area contributed by atoms with Crippen LogP contribution in [0.4, 0.5) is 5.69 Å². The monoisotopic (exact) mass is 454 g/mol. The van der Waals surface area contributed by atoms with Gasteiger partial charge in [0.05, 0.1) is 13.7 Å². The van der Waals surface area contributed by atoms with Crippen molar-refractivity contribution in [3.05, 3.63) is 82.2 Å². The van der Waals surface area contributed by atoms with Crippen LogP contribution < -0.4 is 10.1 Å². The Bertz CT molecular complexity index is 1200. The Morgan fingerprint density at radius 3 is 2.55 bits per heavy atom. The molecule has 1 amide bonds. The van der Waals surface area contributed by atoms with Crippen molar-refractivity contribution >= 4 is 46.0 Å². The van der Waals surface area contributed by atoms with Crippen molar-refractivity contribution in [2.24, 2.45) is 0 Å². The Morgan fingerprint density at radius 2 is 1.84 bits per heavy atom. The lowest BCUT2D eigenvalue weighted by atomic mass is 10.2. The van der Waals surface area contributed by atoms with Crippen LogP contribution in [-0.2, 0) is 17.8 Å². The van der Waals surface area contributed by atoms with Crippen molar-refractivity contribution in [3.63, 3.8) is 0 Å². The average Bonchev–Trinajstić information content (AvgIpc) is 3.09. The second kappa shape index (κ2) is 9.37. The number of ether oxygens (including phenoxy) is 1. The SMILES string of the molecule is COc1ccc(Cn2c(CCC(=O)Nc3cc(Cl)cc(Cl)c3)nc3cccnc32)cc1. The summed E-state index contributed by atoms with van der Waals surface area (Å²) in [6.07, 6.45) is 2.47. The van der Waals surface area contributed by atoms with E-state index in [9.17, 15) is 4.79 Å². The molecule has 0 radical (unpaired) electrons. The van der Waals surface area contributed by atoms with E-state index in [1.54, 1.807) is 31.5 Å². The zero-order valence-corrected chi connectivity index (χ0v) is 18.3. The fraction of sp³-hybridized carbons (Fsp3) is 0.174. The molecular weight excluding hydrogens is 435 g/mol. The van der Waals surface area contributed by atoms with Crippen molar-refractivity contribution in [2.45, 2.75) is 19.4 Å². The fourth-order valence-electron chi connectivity index (χ4n) is 3.35. The number of halogens is 2. The quantitative estimate of drug-likeness (QED) is 0.407. The number of aromatic nitrogens is 3. The smallest absolute Gasteiger partial charge is 0.224 e. The van der Waals surface area contributed by atoms with Gasteiger partial charge in [-0.3, -0.25) is 4.79 Å². The maximum absolute atomic E-state index is 12.5. The molecule has 4 rings (SSSR count). The van der Waals surface area contributed by atoms with Crippen LogP contribution in [0.25, 0.3) is 11.2 Å². The predicted molar refractivity (Wildman–Crippen MR) is 123 cm³/mol. The number of carbonyl (C=O) groups is 1. The van der Waals surface area contributed by atoms with Crippen LogP contribution in [0.1, 0.15) is 17.8 Å². The van der Waals surface area contributed by atoms with Gasteiger partial charge in [-0.05, 0) is 48.0 Å². The highest BCUT2D eigenvalue weighted by Gasteiger charge is 2.14. The number of imidazole rings is 1. The molecule has 0 bridgehead atoms. The second-order valence-corrected chi connectivity index (χ2v) is 7.89. The Labute approximate surface area is 189 Å². The maximum atomic E-state index is 12.5. The van der Waals surface area contributed by atoms with E-state index in [2.05, 4.69) is 10.3 Å². The molecule has 0 aliphatic rings. The minimum absolute atomic E-state index is 0.144. The van der Waals surface area contributed by atoms with E-state index in [-0.39, 0.29) is 12.3 Å². The zero-order valence-electron chi connectivity index (χ0n) is 16.8. The van der Waals surface area contributed by atoms with E-state index in [0.717, 1.165) is 28.3 Å². The Balaban J connectivity index is 1.52. The van der Waals surface area contributed by atoms with Crippen molar-refractivity contribution in [1.29, 1.82) is 0 Å². The third kappa shape index (κ3) is 5.16. The van der Waals surface area contributed by atoms with E-state index in [1.165, 1.54) is 0 Å². The highest BCUT2D eigenvalue weighted by molar-refractivity contribution is 6.35. The Morgan fingerprint density at radius 1 is 1.10 bits per heavy atom. The van der Waals surface area contributed by atoms with Crippen LogP contribution in [0.5, 0.6) is 5.75 Å². The molecule has 0 saturated carbocycles. The molecular formula is C23H20Cl2N4O2. The summed E-state index contributed by atoms with van der Waals surface area (Å²) in [5.74, 6) is 1.45. The molecule has 0 aliphatic heterocycles. The molecule has 0 unspecified atom stereocenters. The van der Waals surface area contributed by atoms with Gasteiger partial charge >= 0.3 is 0 Å². The summed E-state index contributed by atoms with van der Waals surface area (Å²) in [4.78, 5) is 21.7. The summed E-state index contributed by atoms with van der Waals surface area (Å²) in [5.41, 5.74) is 3.24. The van der Waals surface area contributed by atoms with Crippen molar-refractivity contribution < 1.29 is 9.53 Å². The van der Waals surface area contributed by atoms with Crippen LogP contribution in [0.2, 0.25) is 10.0 Å². The average molecular weight is 455 g/mol. The summed E-state index contributed by atoms with van der Waals surface area (Å²) >= 11 is 12.0. The topological polar surface area (TPSA) is 69.0 Å². The second-order valence-electron chi connectivity index (χ2n) is 7.01. The highest BCUT2D eigenvalue weighted by Crippen LogP contribution is 2.23. The van der Waals surface area contributed by atoms with E-state index >= 15 is 0 Å². The largest absolute Gasteiger partial charge is 0.497 e. The van der Waals surface area contributed by atoms with Crippen molar-refractivity contribution in [1.82, 2.24) is 14.5 Å². The number of benzene rings is 2. The molecule has 2 aromatic heterocycles. The van der Waals surface area contributed by atoms with Gasteiger partial charge in [0.15, 0.2) is 5.65 Å². The summed E-state index contributed by atoms with van der Waals surface area (Å²) in [6.45, 7) is 0.596. The van der Waals surface area contributed by atoms with Crippen LogP contribution in [0.15, 0.2) is 60.8 Å². The standard InChI is InChI=1S/C23H20Cl2N4O2/c1-31-19-6-4-15(5-7-19)14-29-21(28-20-3-2-10-26-23(20)29)8-9-22(30)27-18-12-16(24)11-17(25)13-18/h2-7,10-13H,8-9,14H2,1H3,(H,27,30). The molecule has 158 valence electrons. The number of nitrogens with zero attached hydrogens (tertiary/aromatic N) is 3. The normalized spacial score (nSPS) is 10.9. The third-order valence-electron chi connectivity index (χ3n) is 4.80. The van der Waals surface area contributed by atoms with Gasteiger partial charge in [0, 0.05) is 34.8 Å². The molecule has 0 atom stereocenters. The van der Waals surface area contributed by atoms with E-state index in [4.69, 9.17) is 32.9 Å². The molecule has 0 fully saturated rings. The first-order valence-corrected chi connectivity index (χ1v) is 10.5. The summed E-state index contributed by atoms with van der Waals surface area (Å²) < 4.78 is 7.28. The van der Waals surface area contributed by atoms with E-state index in [0.29, 0.717) is 28.7 Å². The van der Waals surface area contributed by atoms with Crippen LogP contribution >= 0.6 is 23.2 Å². The highest BCUT2D eigenvalue weighted by atomic mass is 35.5. The van der Waals surface area contributed by atoms with Gasteiger partial charge < -0.3 is 14.6 Å². The molecule has 8 heteroatoms. The molecule has 1 N–H and O–H groups in total. The number of carbonyl (C=O) groups excluding carboxylic acids is 1. The lowest BCUT2D eigenvalue weighted by molar-refractivity contribution is -0.116. The fourth-order valence-corrected chi connectivity index (χ4v) is 3.88. The Hall–Kier alpha value is -3.09. The summed E-state index contributed by atoms with van der Waals surface area (Å²) in [6, 6.07) is 16.6. The first-order valence-electron chi connectivity index (χ1n) is 9.71. The number of rotatable bonds is 7. The number of hydrogen-bond donors (Lipinski definition) is 1. The van der Waals surface area contributed by atoms with Gasteiger partial charge in [0.2, 0.25) is 5.91 Å². The summed E-state index contributed by atoms with van der Waals surface area (Å²) in [5, 5.41) is 3.77. The molecule has 2 heterocycles. The van der Waals surface area contributed by atoms with Gasteiger partial charge in [-0.25, -0.2) is 9.97 Å². The van der Waals surface area contributed by atoms with Crippen LogP contribution in [0, 0.1) is 0 Å². The van der Waals surface area contributed by atoms with Crippen LogP contribution in [0.3, 0.4) is 0 Å². The van der Waals surface area contributed by atoms with Gasteiger partial charge in [-0.2, -0.15) is 0 Å². The number of amides is 1. The predicted octanol–water partition coefficient (Wildman–Crippen LogP) is 5.37. The lowest BCUT2D eigenvalue weighted by Crippen LogP contribution is -2.14. The first kappa shape index (κ1) is 21.2. The number of pyridine rings is 1. The molecule has 2 aromatic carbocycles. The molecule has 4 aromatic rings. The number of aryl methyl sites for hydroxylation is 1. The number of fused-ring (bicyclic) bond motifs is 1. The van der Waals surface area contributed by atoms with E-state index < -0.39 is 0 Å².